The number of hydrogen-bond donors (Lipinski definition) is 1. The van der Waals surface area contributed by atoms with E-state index in [2.05, 4.69) is 23.8 Å². The second kappa shape index (κ2) is 6.40. The second-order valence-electron chi connectivity index (χ2n) is 4.43. The summed E-state index contributed by atoms with van der Waals surface area (Å²) >= 11 is 0. The molecule has 1 unspecified atom stereocenters. The van der Waals surface area contributed by atoms with Crippen LogP contribution in [0.4, 0.5) is 5.82 Å². The monoisotopic (exact) mass is 358 g/mol. The summed E-state index contributed by atoms with van der Waals surface area (Å²) < 4.78 is 37.0. The van der Waals surface area contributed by atoms with Gasteiger partial charge in [0.15, 0.2) is 17.7 Å². The predicted octanol–water partition coefficient (Wildman–Crippen LogP) is 0.570. The molecular weight excluding hydrogens is 348 g/mol. The average molecular weight is 358 g/mol. The van der Waals surface area contributed by atoms with Gasteiger partial charge in [-0.2, -0.15) is 0 Å². The van der Waals surface area contributed by atoms with Crippen LogP contribution in [0.15, 0.2) is 24.8 Å². The number of nitrogens with two attached hydrogens (primary N) is 1. The van der Waals surface area contributed by atoms with Crippen LogP contribution >= 0.6 is 16.5 Å². The van der Waals surface area contributed by atoms with E-state index < -0.39 is 28.8 Å². The summed E-state index contributed by atoms with van der Waals surface area (Å²) in [6, 6.07) is 0. The van der Waals surface area contributed by atoms with Gasteiger partial charge in [0.1, 0.15) is 17.9 Å². The van der Waals surface area contributed by atoms with E-state index in [1.54, 1.807) is 16.7 Å². The first-order valence-electron chi connectivity index (χ1n) is 6.24. The van der Waals surface area contributed by atoms with Crippen molar-refractivity contribution in [1.82, 2.24) is 19.5 Å². The largest absolute Gasteiger partial charge is 0.756 e. The van der Waals surface area contributed by atoms with Crippen molar-refractivity contribution in [1.29, 1.82) is 0 Å². The summed E-state index contributed by atoms with van der Waals surface area (Å²) in [4.78, 5) is 23.2. The number of nitrogen functional groups attached to an aromatic ring is 1. The molecule has 0 amide bonds. The van der Waals surface area contributed by atoms with Crippen molar-refractivity contribution >= 4 is 33.5 Å². The fourth-order valence-corrected chi connectivity index (χ4v) is 2.87. The highest BCUT2D eigenvalue weighted by Crippen LogP contribution is 2.42. The first-order chi connectivity index (χ1) is 11.0. The Kier molecular flexibility index (Phi) is 4.49. The minimum Gasteiger partial charge on any atom is -0.756 e. The Morgan fingerprint density at radius 3 is 3.04 bits per heavy atom. The van der Waals surface area contributed by atoms with Crippen molar-refractivity contribution in [3.05, 3.63) is 24.8 Å². The third-order valence-corrected chi connectivity index (χ3v) is 4.53. The molecule has 0 aromatic carbocycles. The van der Waals surface area contributed by atoms with Crippen LogP contribution in [-0.4, -0.2) is 32.2 Å². The Bertz CT molecular complexity index is 810. The summed E-state index contributed by atoms with van der Waals surface area (Å²) in [6.07, 6.45) is 4.93. The van der Waals surface area contributed by atoms with Crippen LogP contribution in [0.25, 0.3) is 11.2 Å². The van der Waals surface area contributed by atoms with Crippen LogP contribution in [0, 0.1) is 0 Å². The predicted molar refractivity (Wildman–Crippen MR) is 75.0 cm³/mol. The molecule has 2 aromatic rings. The molecule has 1 aliphatic heterocycles. The van der Waals surface area contributed by atoms with Gasteiger partial charge in [0.2, 0.25) is 0 Å². The quantitative estimate of drug-likeness (QED) is 0.572. The van der Waals surface area contributed by atoms with Gasteiger partial charge in [0.25, 0.3) is 7.82 Å². The number of hydrogen-bond acceptors (Lipinski definition) is 10. The Morgan fingerprint density at radius 2 is 2.26 bits per heavy atom. The molecular formula is C10H10N5O6P2-. The maximum atomic E-state index is 11.2. The van der Waals surface area contributed by atoms with Crippen molar-refractivity contribution in [2.45, 2.75) is 12.3 Å². The Morgan fingerprint density at radius 1 is 1.43 bits per heavy atom. The van der Waals surface area contributed by atoms with Crippen molar-refractivity contribution < 1.29 is 27.6 Å². The lowest BCUT2D eigenvalue weighted by Gasteiger charge is -2.21. The molecule has 11 nitrogen and oxygen atoms in total. The van der Waals surface area contributed by atoms with E-state index in [9.17, 15) is 14.0 Å². The molecule has 0 radical (unpaired) electrons. The number of fused-ring (bicyclic) bond motifs is 1. The molecule has 0 bridgehead atoms. The van der Waals surface area contributed by atoms with Crippen LogP contribution in [0.5, 0.6) is 0 Å². The molecule has 3 heterocycles. The molecule has 122 valence electrons. The van der Waals surface area contributed by atoms with Gasteiger partial charge in [0, 0.05) is 0 Å². The zero-order valence-corrected chi connectivity index (χ0v) is 13.2. The Balaban J connectivity index is 1.68. The fourth-order valence-electron chi connectivity index (χ4n) is 2.03. The zero-order valence-electron chi connectivity index (χ0n) is 11.4. The van der Waals surface area contributed by atoms with E-state index in [0.717, 1.165) is 0 Å². The number of rotatable bonds is 6. The fraction of sp³-hybridized carbons (Fsp3) is 0.300. The summed E-state index contributed by atoms with van der Waals surface area (Å²) in [5.41, 5.74) is 6.63. The van der Waals surface area contributed by atoms with Crippen LogP contribution in [0.2, 0.25) is 0 Å². The first kappa shape index (κ1) is 16.1. The van der Waals surface area contributed by atoms with Gasteiger partial charge >= 0.3 is 8.69 Å². The number of phosphoric acid groups is 1. The molecule has 3 rings (SSSR count). The molecule has 0 aliphatic carbocycles. The Labute approximate surface area is 131 Å². The first-order valence-corrected chi connectivity index (χ1v) is 8.43. The van der Waals surface area contributed by atoms with Crippen molar-refractivity contribution in [2.24, 2.45) is 0 Å². The van der Waals surface area contributed by atoms with E-state index in [0.29, 0.717) is 11.2 Å². The van der Waals surface area contributed by atoms with Crippen LogP contribution in [0.1, 0.15) is 6.23 Å². The van der Waals surface area contributed by atoms with Gasteiger partial charge in [-0.3, -0.25) is 9.13 Å². The molecule has 3 atom stereocenters. The molecule has 13 heteroatoms. The smallest absolute Gasteiger partial charge is 0.334 e. The SMILES string of the molecule is Nc1ncnc2c1ncn2[C@H]1C=C[C@@H](COP(=O)([O-])OP=O)O1. The summed E-state index contributed by atoms with van der Waals surface area (Å²) in [6.45, 7) is -0.312. The topological polar surface area (TPSA) is 155 Å². The number of imidazole rings is 1. The van der Waals surface area contributed by atoms with Gasteiger partial charge in [-0.25, -0.2) is 23.8 Å². The lowest BCUT2D eigenvalue weighted by molar-refractivity contribution is -0.218. The average Bonchev–Trinajstić information content (AvgIpc) is 3.12. The molecule has 0 saturated carbocycles. The Hall–Kier alpha value is -1.74. The maximum Gasteiger partial charge on any atom is 0.334 e. The lowest BCUT2D eigenvalue weighted by atomic mass is 10.4. The normalized spacial score (nSPS) is 23.5. The second-order valence-corrected chi connectivity index (χ2v) is 6.39. The van der Waals surface area contributed by atoms with Crippen molar-refractivity contribution in [3.8, 4) is 0 Å². The molecule has 0 fully saturated rings. The molecule has 0 saturated heterocycles. The van der Waals surface area contributed by atoms with E-state index in [-0.39, 0.29) is 12.4 Å². The number of phosphoric ester groups is 1. The van der Waals surface area contributed by atoms with Gasteiger partial charge in [-0.1, -0.05) is 6.08 Å². The molecule has 2 aromatic heterocycles. The van der Waals surface area contributed by atoms with Gasteiger partial charge in [0.05, 0.1) is 12.9 Å². The number of nitrogens with zero attached hydrogens (tertiary/aromatic N) is 4. The highest BCUT2D eigenvalue weighted by Gasteiger charge is 2.24. The third kappa shape index (κ3) is 3.45. The number of aromatic nitrogens is 4. The maximum absolute atomic E-state index is 11.2. The van der Waals surface area contributed by atoms with Crippen LogP contribution < -0.4 is 10.6 Å². The summed E-state index contributed by atoms with van der Waals surface area (Å²) in [5.74, 6) is 0.247. The minimum atomic E-state index is -4.62. The molecule has 1 aliphatic rings. The summed E-state index contributed by atoms with van der Waals surface area (Å²) in [7, 11) is -5.62. The van der Waals surface area contributed by atoms with E-state index >= 15 is 0 Å². The van der Waals surface area contributed by atoms with Crippen molar-refractivity contribution in [2.75, 3.05) is 12.3 Å². The molecule has 0 spiro atoms. The van der Waals surface area contributed by atoms with Gasteiger partial charge in [-0.15, -0.1) is 0 Å². The van der Waals surface area contributed by atoms with E-state index in [1.165, 1.54) is 12.7 Å². The number of ether oxygens (including phenoxy) is 1. The summed E-state index contributed by atoms with van der Waals surface area (Å²) in [5, 5.41) is 0. The van der Waals surface area contributed by atoms with Gasteiger partial charge < -0.3 is 19.9 Å². The van der Waals surface area contributed by atoms with Crippen LogP contribution in [0.3, 0.4) is 0 Å². The highest BCUT2D eigenvalue weighted by molar-refractivity contribution is 7.51. The van der Waals surface area contributed by atoms with E-state index in [1.807, 2.05) is 0 Å². The zero-order chi connectivity index (χ0) is 16.4. The standard InChI is InChI=1S/C10H11N5O6P2/c11-9-8-10(13-4-12-9)15(5-14-8)7-2-1-6(20-7)3-19-23(17,18)21-22-16/h1-2,4-7H,3H2,(H,17,18)(H2,11,12,13)/p-1/t6-,7+/m0/s1. The molecule has 23 heavy (non-hydrogen) atoms. The molecule has 2 N–H and O–H groups in total. The van der Waals surface area contributed by atoms with Crippen LogP contribution in [-0.2, 0) is 22.7 Å². The van der Waals surface area contributed by atoms with E-state index in [4.69, 9.17) is 10.5 Å². The third-order valence-electron chi connectivity index (χ3n) is 3.00. The minimum absolute atomic E-state index is 0.247. The number of anilines is 1. The lowest BCUT2D eigenvalue weighted by Crippen LogP contribution is -2.18. The highest BCUT2D eigenvalue weighted by atomic mass is 31.2. The van der Waals surface area contributed by atoms with Crippen molar-refractivity contribution in [3.63, 3.8) is 0 Å². The van der Waals surface area contributed by atoms with Gasteiger partial charge in [-0.05, 0) is 6.08 Å².